The molecule has 9 heteroatoms. The number of aromatic hydroxyl groups is 1. The normalized spacial score (nSPS) is 11.5. The molecule has 3 rings (SSSR count). The first kappa shape index (κ1) is 29.1. The minimum absolute atomic E-state index is 0. The average Bonchev–Trinajstić information content (AvgIpc) is 2.87. The summed E-state index contributed by atoms with van der Waals surface area (Å²) >= 11 is 0. The van der Waals surface area contributed by atoms with Crippen LogP contribution in [-0.4, -0.2) is 47.5 Å². The fourth-order valence-electron chi connectivity index (χ4n) is 3.50. The van der Waals surface area contributed by atoms with Gasteiger partial charge in [0.2, 0.25) is 5.91 Å². The van der Waals surface area contributed by atoms with Crippen molar-refractivity contribution in [1.29, 1.82) is 0 Å². The summed E-state index contributed by atoms with van der Waals surface area (Å²) in [5, 5.41) is 32.4. The third-order valence-corrected chi connectivity index (χ3v) is 5.49. The summed E-state index contributed by atoms with van der Waals surface area (Å²) in [6.45, 7) is 1.97. The van der Waals surface area contributed by atoms with Crippen molar-refractivity contribution in [1.82, 2.24) is 5.32 Å². The van der Waals surface area contributed by atoms with Crippen LogP contribution in [-0.2, 0) is 24.4 Å². The van der Waals surface area contributed by atoms with Gasteiger partial charge in [-0.15, -0.1) is 12.4 Å². The number of nitrogens with two attached hydrogens (primary N) is 1. The van der Waals surface area contributed by atoms with Crippen molar-refractivity contribution in [3.63, 3.8) is 0 Å². The van der Waals surface area contributed by atoms with Gasteiger partial charge in [-0.3, -0.25) is 4.79 Å². The lowest BCUT2D eigenvalue weighted by atomic mass is 10.1. The molecular formula is C27H33ClN2O6. The molecule has 0 aliphatic rings. The molecule has 0 radical (unpaired) electrons. The van der Waals surface area contributed by atoms with E-state index < -0.39 is 12.0 Å². The maximum absolute atomic E-state index is 11.2. The molecule has 0 heterocycles. The second-order valence-corrected chi connectivity index (χ2v) is 8.13. The molecule has 1 amide bonds. The highest BCUT2D eigenvalue weighted by Gasteiger charge is 2.10. The number of carbonyl (C=O) groups is 1. The van der Waals surface area contributed by atoms with Gasteiger partial charge in [-0.05, 0) is 66.1 Å². The molecule has 3 aromatic carbocycles. The lowest BCUT2D eigenvalue weighted by Gasteiger charge is -2.14. The topological polar surface area (TPSA) is 134 Å². The van der Waals surface area contributed by atoms with Crippen molar-refractivity contribution in [3.05, 3.63) is 94.5 Å². The number of rotatable bonds is 14. The largest absolute Gasteiger partial charge is 0.508 e. The Kier molecular flexibility index (Phi) is 12.2. The van der Waals surface area contributed by atoms with Gasteiger partial charge < -0.3 is 35.8 Å². The molecule has 0 bridgehead atoms. The van der Waals surface area contributed by atoms with E-state index >= 15 is 0 Å². The lowest BCUT2D eigenvalue weighted by molar-refractivity contribution is 0.0887. The van der Waals surface area contributed by atoms with Crippen LogP contribution in [0.3, 0.4) is 0 Å². The molecule has 0 aliphatic carbocycles. The fourth-order valence-corrected chi connectivity index (χ4v) is 3.50. The van der Waals surface area contributed by atoms with Crippen LogP contribution in [0.1, 0.15) is 38.7 Å². The number of ether oxygens (including phenoxy) is 2. The van der Waals surface area contributed by atoms with Crippen LogP contribution in [0.5, 0.6) is 11.5 Å². The molecule has 0 unspecified atom stereocenters. The highest BCUT2D eigenvalue weighted by Crippen LogP contribution is 2.22. The van der Waals surface area contributed by atoms with Crippen molar-refractivity contribution >= 4 is 18.3 Å². The van der Waals surface area contributed by atoms with Crippen LogP contribution < -0.4 is 15.8 Å². The number of aliphatic hydroxyl groups excluding tert-OH is 2. The molecule has 0 saturated heterocycles. The number of benzene rings is 3. The van der Waals surface area contributed by atoms with Crippen LogP contribution in [0.4, 0.5) is 0 Å². The molecule has 0 fully saturated rings. The van der Waals surface area contributed by atoms with Gasteiger partial charge in [0.05, 0.1) is 25.9 Å². The van der Waals surface area contributed by atoms with Gasteiger partial charge in [0.25, 0.3) is 0 Å². The number of nitrogens with one attached hydrogen (secondary N) is 1. The Labute approximate surface area is 217 Å². The van der Waals surface area contributed by atoms with Gasteiger partial charge >= 0.3 is 0 Å². The zero-order valence-corrected chi connectivity index (χ0v) is 20.7. The smallest absolute Gasteiger partial charge is 0.248 e. The number of halogens is 1. The molecule has 8 nitrogen and oxygen atoms in total. The molecule has 3 aromatic rings. The van der Waals surface area contributed by atoms with Gasteiger partial charge in [0.1, 0.15) is 18.1 Å². The quantitative estimate of drug-likeness (QED) is 0.208. The Morgan fingerprint density at radius 3 is 2.50 bits per heavy atom. The SMILES string of the molecule is Cl.NC(=O)c1cccc(COCCOc2ccc(CCNC[C@@H](O)c3ccc(O)c(CO)c3)cc2)c1. The molecule has 36 heavy (non-hydrogen) atoms. The molecule has 1 atom stereocenters. The van der Waals surface area contributed by atoms with Crippen molar-refractivity contribution in [2.45, 2.75) is 25.7 Å². The van der Waals surface area contributed by atoms with E-state index in [0.29, 0.717) is 49.6 Å². The monoisotopic (exact) mass is 516 g/mol. The van der Waals surface area contributed by atoms with Gasteiger partial charge in [-0.25, -0.2) is 0 Å². The Morgan fingerprint density at radius 1 is 1.00 bits per heavy atom. The van der Waals surface area contributed by atoms with Crippen LogP contribution in [0.2, 0.25) is 0 Å². The number of hydrogen-bond donors (Lipinski definition) is 5. The van der Waals surface area contributed by atoms with E-state index in [1.54, 1.807) is 30.3 Å². The molecule has 0 aromatic heterocycles. The van der Waals surface area contributed by atoms with E-state index in [1.807, 2.05) is 30.3 Å². The molecule has 0 saturated carbocycles. The summed E-state index contributed by atoms with van der Waals surface area (Å²) in [6, 6.07) is 19.6. The molecule has 6 N–H and O–H groups in total. The number of carbonyl (C=O) groups excluding carboxylic acids is 1. The Morgan fingerprint density at radius 2 is 1.78 bits per heavy atom. The first-order valence-electron chi connectivity index (χ1n) is 11.5. The summed E-state index contributed by atoms with van der Waals surface area (Å²) < 4.78 is 11.3. The average molecular weight is 517 g/mol. The van der Waals surface area contributed by atoms with E-state index in [-0.39, 0.29) is 24.8 Å². The second-order valence-electron chi connectivity index (χ2n) is 8.13. The number of aliphatic hydroxyl groups is 2. The molecule has 0 aliphatic heterocycles. The zero-order valence-electron chi connectivity index (χ0n) is 19.9. The summed E-state index contributed by atoms with van der Waals surface area (Å²) in [6.07, 6.45) is 0.0591. The van der Waals surface area contributed by atoms with Crippen LogP contribution in [0.15, 0.2) is 66.7 Å². The van der Waals surface area contributed by atoms with Crippen LogP contribution >= 0.6 is 12.4 Å². The summed E-state index contributed by atoms with van der Waals surface area (Å²) in [5.74, 6) is 0.311. The maximum atomic E-state index is 11.2. The minimum Gasteiger partial charge on any atom is -0.508 e. The van der Waals surface area contributed by atoms with Crippen LogP contribution in [0, 0.1) is 0 Å². The standard InChI is InChI=1S/C27H32N2O6.ClH/c28-27(33)22-3-1-2-20(14-22)18-34-12-13-35-24-7-4-19(5-8-24)10-11-29-16-26(32)21-6-9-25(31)23(15-21)17-30;/h1-9,14-15,26,29-32H,10-13,16-18H2,(H2,28,33);1H/t26-;/m1./s1. The first-order chi connectivity index (χ1) is 17.0. The predicted molar refractivity (Wildman–Crippen MR) is 139 cm³/mol. The lowest BCUT2D eigenvalue weighted by Crippen LogP contribution is -2.23. The van der Waals surface area contributed by atoms with Gasteiger partial charge in [-0.2, -0.15) is 0 Å². The number of hydrogen-bond acceptors (Lipinski definition) is 7. The van der Waals surface area contributed by atoms with Gasteiger partial charge in [-0.1, -0.05) is 30.3 Å². The van der Waals surface area contributed by atoms with Crippen molar-refractivity contribution in [3.8, 4) is 11.5 Å². The van der Waals surface area contributed by atoms with Crippen molar-refractivity contribution in [2.75, 3.05) is 26.3 Å². The Hall–Kier alpha value is -3.14. The number of phenols is 1. The fraction of sp³-hybridized carbons (Fsp3) is 0.296. The molecule has 194 valence electrons. The first-order valence-corrected chi connectivity index (χ1v) is 11.5. The van der Waals surface area contributed by atoms with Crippen LogP contribution in [0.25, 0.3) is 0 Å². The zero-order chi connectivity index (χ0) is 25.0. The van der Waals surface area contributed by atoms with Gasteiger partial charge in [0.15, 0.2) is 0 Å². The van der Waals surface area contributed by atoms with E-state index in [1.165, 1.54) is 6.07 Å². The van der Waals surface area contributed by atoms with E-state index in [9.17, 15) is 20.1 Å². The number of amides is 1. The van der Waals surface area contributed by atoms with Crippen molar-refractivity contribution < 1.29 is 29.6 Å². The minimum atomic E-state index is -0.731. The maximum Gasteiger partial charge on any atom is 0.248 e. The molecule has 0 spiro atoms. The third kappa shape index (κ3) is 9.14. The second kappa shape index (κ2) is 15.1. The number of primary amides is 1. The van der Waals surface area contributed by atoms with E-state index in [2.05, 4.69) is 5.32 Å². The Balaban J connectivity index is 0.00000456. The highest BCUT2D eigenvalue weighted by atomic mass is 35.5. The predicted octanol–water partition coefficient (Wildman–Crippen LogP) is 2.87. The Bertz CT molecular complexity index is 1090. The third-order valence-electron chi connectivity index (χ3n) is 5.49. The van der Waals surface area contributed by atoms with E-state index in [4.69, 9.17) is 15.2 Å². The highest BCUT2D eigenvalue weighted by molar-refractivity contribution is 5.92. The molecular weight excluding hydrogens is 484 g/mol. The van der Waals surface area contributed by atoms with Gasteiger partial charge in [0, 0.05) is 17.7 Å². The van der Waals surface area contributed by atoms with E-state index in [0.717, 1.165) is 23.3 Å². The summed E-state index contributed by atoms with van der Waals surface area (Å²) in [7, 11) is 0. The summed E-state index contributed by atoms with van der Waals surface area (Å²) in [5.41, 5.74) is 8.80. The van der Waals surface area contributed by atoms with Crippen molar-refractivity contribution in [2.24, 2.45) is 5.73 Å². The summed E-state index contributed by atoms with van der Waals surface area (Å²) in [4.78, 5) is 11.2.